The largest absolute Gasteiger partial charge is 0.411 e. The lowest BCUT2D eigenvalue weighted by Crippen LogP contribution is -2.21. The van der Waals surface area contributed by atoms with E-state index in [9.17, 15) is 10.4 Å². The van der Waals surface area contributed by atoms with E-state index in [1.807, 2.05) is 0 Å². The Morgan fingerprint density at radius 2 is 1.73 bits per heavy atom. The number of nitrogens with one attached hydrogen (secondary N) is 1. The van der Waals surface area contributed by atoms with Gasteiger partial charge in [0.15, 0.2) is 0 Å². The lowest BCUT2D eigenvalue weighted by atomic mass is 10.1. The van der Waals surface area contributed by atoms with Crippen molar-refractivity contribution in [1.29, 1.82) is 5.41 Å². The molecule has 6 nitrogen and oxygen atoms in total. The van der Waals surface area contributed by atoms with Crippen molar-refractivity contribution in [2.45, 2.75) is 0 Å². The normalized spacial score (nSPS) is 12.2. The average Bonchev–Trinajstić information content (AvgIpc) is 2.22. The second-order valence-corrected chi connectivity index (χ2v) is 3.08. The second kappa shape index (κ2) is 3.16. The third-order valence-corrected chi connectivity index (χ3v) is 2.20. The van der Waals surface area contributed by atoms with Crippen molar-refractivity contribution < 1.29 is 10.4 Å². The van der Waals surface area contributed by atoms with Crippen molar-refractivity contribution in [1.82, 2.24) is 9.69 Å². The van der Waals surface area contributed by atoms with Crippen LogP contribution in [0.4, 0.5) is 0 Å². The van der Waals surface area contributed by atoms with Gasteiger partial charge < -0.3 is 15.8 Å². The maximum absolute atomic E-state index is 9.25. The molecule has 15 heavy (non-hydrogen) atoms. The van der Waals surface area contributed by atoms with Crippen molar-refractivity contribution in [3.8, 4) is 11.1 Å². The van der Waals surface area contributed by atoms with E-state index in [0.717, 1.165) is 0 Å². The maximum atomic E-state index is 9.25. The van der Waals surface area contributed by atoms with Crippen molar-refractivity contribution in [3.63, 3.8) is 0 Å². The standard InChI is InChI=1S/C9H10N4O2/c1-11-9-3-2-8(10)6-4-12(14)13(15)5-7(6)9/h2-5,10,14-15H,1H3. The maximum Gasteiger partial charge on any atom is 0.0762 e. The summed E-state index contributed by atoms with van der Waals surface area (Å²) in [5.41, 5.74) is 1.13. The van der Waals surface area contributed by atoms with Crippen molar-refractivity contribution >= 4 is 0 Å². The first-order valence-electron chi connectivity index (χ1n) is 4.28. The Bertz CT molecular complexity index is 596. The minimum atomic E-state index is 0.265. The van der Waals surface area contributed by atoms with Crippen LogP contribution >= 0.6 is 0 Å². The molecule has 1 aliphatic heterocycles. The van der Waals surface area contributed by atoms with Crippen molar-refractivity contribution in [2.75, 3.05) is 7.05 Å². The first-order chi connectivity index (χ1) is 7.13. The predicted molar refractivity (Wildman–Crippen MR) is 50.8 cm³/mol. The van der Waals surface area contributed by atoms with Gasteiger partial charge in [-0.1, -0.05) is 9.69 Å². The molecular weight excluding hydrogens is 196 g/mol. The lowest BCUT2D eigenvalue weighted by molar-refractivity contribution is -0.0167. The third kappa shape index (κ3) is 1.35. The Labute approximate surface area is 84.7 Å². The van der Waals surface area contributed by atoms with Gasteiger partial charge in [0.2, 0.25) is 0 Å². The van der Waals surface area contributed by atoms with E-state index in [0.29, 0.717) is 26.2 Å². The zero-order chi connectivity index (χ0) is 11.0. The topological polar surface area (TPSA) is 86.5 Å². The fourth-order valence-electron chi connectivity index (χ4n) is 1.44. The summed E-state index contributed by atoms with van der Waals surface area (Å²) in [5.74, 6) is 0. The summed E-state index contributed by atoms with van der Waals surface area (Å²) in [6, 6.07) is 3.28. The summed E-state index contributed by atoms with van der Waals surface area (Å²) >= 11 is 0. The van der Waals surface area contributed by atoms with Crippen LogP contribution in [0.25, 0.3) is 11.1 Å². The molecule has 0 aromatic carbocycles. The molecule has 0 unspecified atom stereocenters. The Kier molecular flexibility index (Phi) is 1.96. The van der Waals surface area contributed by atoms with Crippen LogP contribution in [-0.4, -0.2) is 27.2 Å². The van der Waals surface area contributed by atoms with E-state index in [1.54, 1.807) is 19.2 Å². The molecule has 6 heteroatoms. The number of benzene rings is 1. The molecule has 1 heterocycles. The summed E-state index contributed by atoms with van der Waals surface area (Å²) in [6.07, 6.45) is 2.56. The second-order valence-electron chi connectivity index (χ2n) is 3.08. The van der Waals surface area contributed by atoms with Crippen LogP contribution in [-0.2, 0) is 0 Å². The highest BCUT2D eigenvalue weighted by atomic mass is 16.6. The zero-order valence-corrected chi connectivity index (χ0v) is 8.05. The molecule has 1 aliphatic carbocycles. The molecule has 0 aromatic heterocycles. The Morgan fingerprint density at radius 1 is 1.13 bits per heavy atom. The number of nitrogens with zero attached hydrogens (tertiary/aromatic N) is 3. The Balaban J connectivity index is 3.01. The van der Waals surface area contributed by atoms with Crippen LogP contribution in [0, 0.1) is 5.41 Å². The summed E-state index contributed by atoms with van der Waals surface area (Å²) in [5, 5.41) is 27.0. The molecule has 78 valence electrons. The van der Waals surface area contributed by atoms with Gasteiger partial charge in [-0.3, -0.25) is 4.99 Å². The molecule has 0 spiro atoms. The van der Waals surface area contributed by atoms with Gasteiger partial charge in [0.05, 0.1) is 23.1 Å². The van der Waals surface area contributed by atoms with Gasteiger partial charge in [-0.15, -0.1) is 0 Å². The van der Waals surface area contributed by atoms with Crippen molar-refractivity contribution in [2.24, 2.45) is 4.99 Å². The van der Waals surface area contributed by atoms with Gasteiger partial charge in [0, 0.05) is 18.2 Å². The summed E-state index contributed by atoms with van der Waals surface area (Å²) in [4.78, 5) is 5.04. The summed E-state index contributed by atoms with van der Waals surface area (Å²) < 4.78 is 0. The van der Waals surface area contributed by atoms with E-state index in [1.165, 1.54) is 12.4 Å². The van der Waals surface area contributed by atoms with Gasteiger partial charge in [0.1, 0.15) is 0 Å². The van der Waals surface area contributed by atoms with Crippen LogP contribution < -0.4 is 10.7 Å². The number of hydrogen-bond donors (Lipinski definition) is 3. The van der Waals surface area contributed by atoms with Crippen LogP contribution in [0.3, 0.4) is 0 Å². The summed E-state index contributed by atoms with van der Waals surface area (Å²) in [6.45, 7) is 0. The minimum absolute atomic E-state index is 0.265. The van der Waals surface area contributed by atoms with Crippen LogP contribution in [0.15, 0.2) is 29.5 Å². The van der Waals surface area contributed by atoms with Crippen LogP contribution in [0.5, 0.6) is 0 Å². The molecule has 0 amide bonds. The van der Waals surface area contributed by atoms with Gasteiger partial charge >= 0.3 is 0 Å². The number of fused-ring (bicyclic) bond motifs is 1. The highest BCUT2D eigenvalue weighted by Crippen LogP contribution is 2.10. The zero-order valence-electron chi connectivity index (χ0n) is 8.05. The molecule has 3 N–H and O–H groups in total. The van der Waals surface area contributed by atoms with Gasteiger partial charge in [-0.25, -0.2) is 0 Å². The summed E-state index contributed by atoms with van der Waals surface area (Å²) in [7, 11) is 1.63. The van der Waals surface area contributed by atoms with Gasteiger partial charge in [-0.2, -0.15) is 0 Å². The van der Waals surface area contributed by atoms with E-state index in [2.05, 4.69) is 4.99 Å². The molecule has 0 saturated carbocycles. The van der Waals surface area contributed by atoms with Gasteiger partial charge in [0.25, 0.3) is 0 Å². The number of rotatable bonds is 0. The highest BCUT2D eigenvalue weighted by molar-refractivity contribution is 5.61. The van der Waals surface area contributed by atoms with E-state index < -0.39 is 0 Å². The molecular formula is C9H10N4O2. The Morgan fingerprint density at radius 3 is 2.33 bits per heavy atom. The molecule has 0 atom stereocenters. The minimum Gasteiger partial charge on any atom is -0.411 e. The Hall–Kier alpha value is -2.24. The first-order valence-corrected chi connectivity index (χ1v) is 4.28. The fourth-order valence-corrected chi connectivity index (χ4v) is 1.44. The van der Waals surface area contributed by atoms with E-state index in [-0.39, 0.29) is 5.36 Å². The molecule has 0 fully saturated rings. The lowest BCUT2D eigenvalue weighted by Gasteiger charge is -2.10. The smallest absolute Gasteiger partial charge is 0.0762 e. The van der Waals surface area contributed by atoms with Crippen LogP contribution in [0.2, 0.25) is 0 Å². The quantitative estimate of drug-likeness (QED) is 0.525. The third-order valence-electron chi connectivity index (χ3n) is 2.20. The number of aromatic nitrogens is 2. The van der Waals surface area contributed by atoms with Crippen LogP contribution in [0.1, 0.15) is 0 Å². The molecule has 0 saturated heterocycles. The highest BCUT2D eigenvalue weighted by Gasteiger charge is 2.08. The molecule has 2 aliphatic rings. The average molecular weight is 206 g/mol. The monoisotopic (exact) mass is 206 g/mol. The predicted octanol–water partition coefficient (Wildman–Crippen LogP) is -0.121. The SMILES string of the molecule is CN=c1ccc(=N)c2cn(O)n(O)cc1-2. The molecule has 0 aromatic rings. The molecule has 0 bridgehead atoms. The van der Waals surface area contributed by atoms with E-state index in [4.69, 9.17) is 5.41 Å². The van der Waals surface area contributed by atoms with Gasteiger partial charge in [-0.05, 0) is 12.1 Å². The van der Waals surface area contributed by atoms with E-state index >= 15 is 0 Å². The molecule has 0 radical (unpaired) electrons. The molecule has 2 rings (SSSR count). The van der Waals surface area contributed by atoms with Crippen molar-refractivity contribution in [3.05, 3.63) is 35.2 Å². The fraction of sp³-hybridized carbons (Fsp3) is 0.111. The number of hydrogen-bond acceptors (Lipinski definition) is 4. The first kappa shape index (κ1) is 9.32.